The SMILES string of the molecule is CCN1CCCC1CN(C)C(=O)C(NC)c1cnn(C)c1. The highest BCUT2D eigenvalue weighted by Crippen LogP contribution is 2.19. The van der Waals surface area contributed by atoms with Crippen molar-refractivity contribution in [3.8, 4) is 0 Å². The summed E-state index contributed by atoms with van der Waals surface area (Å²) in [6.07, 6.45) is 6.06. The van der Waals surface area contributed by atoms with E-state index in [1.165, 1.54) is 12.8 Å². The molecule has 1 aliphatic heterocycles. The van der Waals surface area contributed by atoms with E-state index in [1.54, 1.807) is 10.9 Å². The lowest BCUT2D eigenvalue weighted by Crippen LogP contribution is -2.44. The lowest BCUT2D eigenvalue weighted by molar-refractivity contribution is -0.132. The van der Waals surface area contributed by atoms with E-state index in [1.807, 2.05) is 32.2 Å². The van der Waals surface area contributed by atoms with Gasteiger partial charge < -0.3 is 10.2 Å². The van der Waals surface area contributed by atoms with Crippen molar-refractivity contribution in [1.82, 2.24) is 24.9 Å². The molecule has 0 saturated carbocycles. The summed E-state index contributed by atoms with van der Waals surface area (Å²) in [5.74, 6) is 0.105. The maximum absolute atomic E-state index is 12.7. The summed E-state index contributed by atoms with van der Waals surface area (Å²) < 4.78 is 1.72. The Morgan fingerprint density at radius 3 is 2.95 bits per heavy atom. The third-order valence-corrected chi connectivity index (χ3v) is 4.36. The fraction of sp³-hybridized carbons (Fsp3) is 0.733. The number of hydrogen-bond acceptors (Lipinski definition) is 4. The number of amides is 1. The summed E-state index contributed by atoms with van der Waals surface area (Å²) in [6.45, 7) is 5.20. The van der Waals surface area contributed by atoms with Crippen molar-refractivity contribution in [2.45, 2.75) is 31.8 Å². The molecule has 118 valence electrons. The van der Waals surface area contributed by atoms with Crippen molar-refractivity contribution in [2.24, 2.45) is 7.05 Å². The van der Waals surface area contributed by atoms with Crippen LogP contribution in [0.3, 0.4) is 0 Å². The first-order valence-corrected chi connectivity index (χ1v) is 7.71. The van der Waals surface area contributed by atoms with E-state index in [4.69, 9.17) is 0 Å². The quantitative estimate of drug-likeness (QED) is 0.835. The van der Waals surface area contributed by atoms with Gasteiger partial charge in [0.2, 0.25) is 5.91 Å². The number of aryl methyl sites for hydroxylation is 1. The molecule has 0 aliphatic carbocycles. The summed E-state index contributed by atoms with van der Waals surface area (Å²) >= 11 is 0. The Morgan fingerprint density at radius 2 is 2.38 bits per heavy atom. The van der Waals surface area contributed by atoms with Crippen molar-refractivity contribution in [3.05, 3.63) is 18.0 Å². The minimum atomic E-state index is -0.319. The fourth-order valence-electron chi connectivity index (χ4n) is 3.17. The molecular weight excluding hydrogens is 266 g/mol. The van der Waals surface area contributed by atoms with Gasteiger partial charge in [-0.1, -0.05) is 6.92 Å². The molecule has 6 nitrogen and oxygen atoms in total. The highest BCUT2D eigenvalue weighted by Gasteiger charge is 2.29. The zero-order valence-electron chi connectivity index (χ0n) is 13.5. The second-order valence-corrected chi connectivity index (χ2v) is 5.81. The molecule has 6 heteroatoms. The standard InChI is InChI=1S/C15H27N5O/c1-5-20-8-6-7-13(20)11-18(3)15(21)14(16-2)12-9-17-19(4)10-12/h9-10,13-14,16H,5-8,11H2,1-4H3. The van der Waals surface area contributed by atoms with Crippen LogP contribution in [0, 0.1) is 0 Å². The predicted molar refractivity (Wildman–Crippen MR) is 82.9 cm³/mol. The molecular formula is C15H27N5O. The largest absolute Gasteiger partial charge is 0.343 e. The zero-order chi connectivity index (χ0) is 15.4. The normalized spacial score (nSPS) is 20.7. The molecule has 1 aromatic rings. The maximum Gasteiger partial charge on any atom is 0.244 e. The second kappa shape index (κ2) is 7.04. The average molecular weight is 293 g/mol. The zero-order valence-corrected chi connectivity index (χ0v) is 13.5. The summed E-state index contributed by atoms with van der Waals surface area (Å²) in [7, 11) is 5.58. The molecule has 0 bridgehead atoms. The summed E-state index contributed by atoms with van der Waals surface area (Å²) in [5, 5.41) is 7.26. The summed E-state index contributed by atoms with van der Waals surface area (Å²) in [6, 6.07) is 0.176. The minimum absolute atomic E-state index is 0.105. The molecule has 0 radical (unpaired) electrons. The summed E-state index contributed by atoms with van der Waals surface area (Å²) in [5.41, 5.74) is 0.913. The van der Waals surface area contributed by atoms with Crippen LogP contribution in [0.4, 0.5) is 0 Å². The van der Waals surface area contributed by atoms with Gasteiger partial charge >= 0.3 is 0 Å². The van der Waals surface area contributed by atoms with Gasteiger partial charge in [-0.25, -0.2) is 0 Å². The van der Waals surface area contributed by atoms with Crippen molar-refractivity contribution in [3.63, 3.8) is 0 Å². The van der Waals surface area contributed by atoms with E-state index in [0.29, 0.717) is 6.04 Å². The van der Waals surface area contributed by atoms with E-state index in [-0.39, 0.29) is 11.9 Å². The Hall–Kier alpha value is -1.40. The Labute approximate surface area is 127 Å². The molecule has 2 heterocycles. The van der Waals surface area contributed by atoms with E-state index in [9.17, 15) is 4.79 Å². The first kappa shape index (κ1) is 16.0. The van der Waals surface area contributed by atoms with Crippen molar-refractivity contribution in [1.29, 1.82) is 0 Å². The van der Waals surface area contributed by atoms with Crippen LogP contribution in [0.25, 0.3) is 0 Å². The van der Waals surface area contributed by atoms with Crippen molar-refractivity contribution < 1.29 is 4.79 Å². The molecule has 1 fully saturated rings. The smallest absolute Gasteiger partial charge is 0.244 e. The van der Waals surface area contributed by atoms with Crippen molar-refractivity contribution >= 4 is 5.91 Å². The van der Waals surface area contributed by atoms with E-state index in [2.05, 4.69) is 22.2 Å². The molecule has 21 heavy (non-hydrogen) atoms. The highest BCUT2D eigenvalue weighted by molar-refractivity contribution is 5.83. The van der Waals surface area contributed by atoms with Gasteiger partial charge in [-0.2, -0.15) is 5.10 Å². The number of likely N-dealkylation sites (tertiary alicyclic amines) is 1. The predicted octanol–water partition coefficient (Wildman–Crippen LogP) is 0.623. The molecule has 1 saturated heterocycles. The number of nitrogens with one attached hydrogen (secondary N) is 1. The van der Waals surface area contributed by atoms with Crippen LogP contribution in [0.1, 0.15) is 31.4 Å². The maximum atomic E-state index is 12.7. The van der Waals surface area contributed by atoms with Crippen LogP contribution in [-0.4, -0.2) is 65.3 Å². The van der Waals surface area contributed by atoms with E-state index < -0.39 is 0 Å². The average Bonchev–Trinajstić information content (AvgIpc) is 3.08. The van der Waals surface area contributed by atoms with Gasteiger partial charge in [0.25, 0.3) is 0 Å². The molecule has 1 amide bonds. The molecule has 0 spiro atoms. The summed E-state index contributed by atoms with van der Waals surface area (Å²) in [4.78, 5) is 17.0. The Kier molecular flexibility index (Phi) is 5.36. The second-order valence-electron chi connectivity index (χ2n) is 5.81. The fourth-order valence-corrected chi connectivity index (χ4v) is 3.17. The molecule has 1 N–H and O–H groups in total. The molecule has 2 unspecified atom stereocenters. The lowest BCUT2D eigenvalue weighted by atomic mass is 10.1. The van der Waals surface area contributed by atoms with Gasteiger partial charge in [0.1, 0.15) is 6.04 Å². The van der Waals surface area contributed by atoms with Gasteiger partial charge in [-0.05, 0) is 33.0 Å². The van der Waals surface area contributed by atoms with Crippen LogP contribution in [0.15, 0.2) is 12.4 Å². The number of carbonyl (C=O) groups is 1. The third kappa shape index (κ3) is 3.63. The monoisotopic (exact) mass is 293 g/mol. The molecule has 1 aromatic heterocycles. The first-order valence-electron chi connectivity index (χ1n) is 7.71. The number of carbonyl (C=O) groups excluding carboxylic acids is 1. The van der Waals surface area contributed by atoms with Gasteiger partial charge in [0.05, 0.1) is 6.20 Å². The number of aromatic nitrogens is 2. The molecule has 0 aromatic carbocycles. The van der Waals surface area contributed by atoms with Crippen LogP contribution in [0.2, 0.25) is 0 Å². The van der Waals surface area contributed by atoms with Crippen LogP contribution < -0.4 is 5.32 Å². The molecule has 2 rings (SSSR count). The Morgan fingerprint density at radius 1 is 1.62 bits per heavy atom. The topological polar surface area (TPSA) is 53.4 Å². The number of rotatable bonds is 6. The van der Waals surface area contributed by atoms with Gasteiger partial charge in [-0.3, -0.25) is 14.4 Å². The van der Waals surface area contributed by atoms with Gasteiger partial charge in [-0.15, -0.1) is 0 Å². The van der Waals surface area contributed by atoms with Crippen LogP contribution >= 0.6 is 0 Å². The van der Waals surface area contributed by atoms with E-state index >= 15 is 0 Å². The van der Waals surface area contributed by atoms with Crippen LogP contribution in [0.5, 0.6) is 0 Å². The number of nitrogens with zero attached hydrogens (tertiary/aromatic N) is 4. The number of hydrogen-bond donors (Lipinski definition) is 1. The highest BCUT2D eigenvalue weighted by atomic mass is 16.2. The van der Waals surface area contributed by atoms with E-state index in [0.717, 1.165) is 25.2 Å². The van der Waals surface area contributed by atoms with Gasteiger partial charge in [0, 0.05) is 38.4 Å². The number of likely N-dealkylation sites (N-methyl/N-ethyl adjacent to an activating group) is 3. The molecule has 2 atom stereocenters. The Balaban J connectivity index is 2.00. The first-order chi connectivity index (χ1) is 10.1. The van der Waals surface area contributed by atoms with Crippen molar-refractivity contribution in [2.75, 3.05) is 33.7 Å². The van der Waals surface area contributed by atoms with Crippen LogP contribution in [-0.2, 0) is 11.8 Å². The lowest BCUT2D eigenvalue weighted by Gasteiger charge is -2.29. The third-order valence-electron chi connectivity index (χ3n) is 4.36. The Bertz CT molecular complexity index is 472. The minimum Gasteiger partial charge on any atom is -0.343 e. The molecule has 1 aliphatic rings. The van der Waals surface area contributed by atoms with Gasteiger partial charge in [0.15, 0.2) is 0 Å².